The number of aromatic nitrogens is 4. The predicted octanol–water partition coefficient (Wildman–Crippen LogP) is 1.89. The van der Waals surface area contributed by atoms with Gasteiger partial charge in [0.05, 0.1) is 0 Å². The van der Waals surface area contributed by atoms with Crippen LogP contribution in [0.3, 0.4) is 0 Å². The topological polar surface area (TPSA) is 67.5 Å². The van der Waals surface area contributed by atoms with Crippen molar-refractivity contribution >= 4 is 40.6 Å². The summed E-state index contributed by atoms with van der Waals surface area (Å²) in [5.41, 5.74) is 0. The van der Waals surface area contributed by atoms with E-state index in [1.54, 1.807) is 0 Å². The Morgan fingerprint density at radius 3 is 2.13 bits per heavy atom. The molecule has 0 fully saturated rings. The number of nitrogens with zero attached hydrogens (tertiary/aromatic N) is 4. The van der Waals surface area contributed by atoms with Crippen LogP contribution in [0.15, 0.2) is 0 Å². The van der Waals surface area contributed by atoms with E-state index in [2.05, 4.69) is 15.4 Å². The zero-order chi connectivity index (χ0) is 11.9. The first-order chi connectivity index (χ1) is 6.62. The average molecular weight is 282 g/mol. The van der Waals surface area contributed by atoms with Gasteiger partial charge in [0, 0.05) is 0 Å². The van der Waals surface area contributed by atoms with Gasteiger partial charge in [-0.05, 0) is 5.21 Å². The molecule has 0 spiro atoms. The summed E-state index contributed by atoms with van der Waals surface area (Å²) in [6.07, 6.45) is -4.76. The van der Waals surface area contributed by atoms with E-state index in [0.29, 0.717) is 0 Å². The van der Waals surface area contributed by atoms with Crippen LogP contribution in [0.5, 0.6) is 0 Å². The van der Waals surface area contributed by atoms with Crippen molar-refractivity contribution in [1.29, 1.82) is 5.41 Å². The molecule has 0 aromatic carbocycles. The molecule has 1 heterocycles. The quantitative estimate of drug-likeness (QED) is 0.449. The molecule has 84 valence electrons. The van der Waals surface area contributed by atoms with Crippen LogP contribution in [-0.2, 0) is 6.18 Å². The highest BCUT2D eigenvalue weighted by Crippen LogP contribution is 2.28. The molecule has 0 saturated carbocycles. The van der Waals surface area contributed by atoms with Gasteiger partial charge in [-0.2, -0.15) is 13.2 Å². The molecule has 11 heteroatoms. The fourth-order valence-electron chi connectivity index (χ4n) is 0.536. The van der Waals surface area contributed by atoms with Crippen LogP contribution in [0.1, 0.15) is 5.82 Å². The summed E-state index contributed by atoms with van der Waals surface area (Å²) >= 11 is 15.7. The van der Waals surface area contributed by atoms with Crippen LogP contribution >= 0.6 is 34.8 Å². The number of hydrogen-bond donors (Lipinski definition) is 1. The standard InChI is InChI=1S/C4HCl3F3N5/c5-3(6,7)1(11)15-13-2(12-14-15)4(8,9)10/h11H. The van der Waals surface area contributed by atoms with E-state index < -0.39 is 21.6 Å². The van der Waals surface area contributed by atoms with Gasteiger partial charge in [-0.1, -0.05) is 34.8 Å². The summed E-state index contributed by atoms with van der Waals surface area (Å²) in [5, 5.41) is 15.6. The molecule has 0 saturated heterocycles. The molecule has 15 heavy (non-hydrogen) atoms. The average Bonchev–Trinajstić information content (AvgIpc) is 2.47. The second-order valence-corrected chi connectivity index (χ2v) is 4.53. The fraction of sp³-hybridized carbons (Fsp3) is 0.500. The zero-order valence-electron chi connectivity index (χ0n) is 6.56. The van der Waals surface area contributed by atoms with Crippen LogP contribution in [0.25, 0.3) is 0 Å². The van der Waals surface area contributed by atoms with E-state index in [4.69, 9.17) is 40.2 Å². The number of halogens is 6. The van der Waals surface area contributed by atoms with E-state index >= 15 is 0 Å². The molecule has 0 aliphatic rings. The van der Waals surface area contributed by atoms with Gasteiger partial charge in [0.1, 0.15) is 0 Å². The molecule has 5 nitrogen and oxygen atoms in total. The molecule has 0 atom stereocenters. The third-order valence-electron chi connectivity index (χ3n) is 1.14. The first-order valence-corrected chi connectivity index (χ1v) is 4.29. The molecule has 1 N–H and O–H groups in total. The Labute approximate surface area is 95.6 Å². The zero-order valence-corrected chi connectivity index (χ0v) is 8.82. The number of nitrogens with one attached hydrogen (secondary N) is 1. The maximum absolute atomic E-state index is 12.0. The second-order valence-electron chi connectivity index (χ2n) is 2.25. The summed E-state index contributed by atoms with van der Waals surface area (Å²) < 4.78 is 33.8. The SMILES string of the molecule is N=C(n1nnc(C(F)(F)F)n1)C(Cl)(Cl)Cl. The molecular weight excluding hydrogens is 281 g/mol. The van der Waals surface area contributed by atoms with Gasteiger partial charge in [-0.3, -0.25) is 5.41 Å². The first kappa shape index (κ1) is 12.5. The van der Waals surface area contributed by atoms with Crippen molar-refractivity contribution in [2.24, 2.45) is 0 Å². The van der Waals surface area contributed by atoms with E-state index in [1.165, 1.54) is 0 Å². The Kier molecular flexibility index (Phi) is 3.13. The van der Waals surface area contributed by atoms with Crippen molar-refractivity contribution < 1.29 is 13.2 Å². The lowest BCUT2D eigenvalue weighted by Gasteiger charge is -2.09. The summed E-state index contributed by atoms with van der Waals surface area (Å²) in [6, 6.07) is 0. The second kappa shape index (κ2) is 3.76. The highest BCUT2D eigenvalue weighted by atomic mass is 35.6. The largest absolute Gasteiger partial charge is 0.455 e. The van der Waals surface area contributed by atoms with Crippen LogP contribution in [0.4, 0.5) is 13.2 Å². The molecule has 1 aromatic heterocycles. The number of tetrazole rings is 1. The Hall–Kier alpha value is -0.600. The predicted molar refractivity (Wildman–Crippen MR) is 46.2 cm³/mol. The Morgan fingerprint density at radius 1 is 1.27 bits per heavy atom. The van der Waals surface area contributed by atoms with Gasteiger partial charge < -0.3 is 0 Å². The van der Waals surface area contributed by atoms with Gasteiger partial charge in [0.2, 0.25) is 0 Å². The number of alkyl halides is 6. The summed E-state index contributed by atoms with van der Waals surface area (Å²) in [5.74, 6) is -2.36. The molecular formula is C4HCl3F3N5. The van der Waals surface area contributed by atoms with E-state index in [9.17, 15) is 13.2 Å². The minimum Gasteiger partial charge on any atom is -0.281 e. The minimum atomic E-state index is -4.76. The van der Waals surface area contributed by atoms with Gasteiger partial charge in [0.25, 0.3) is 9.62 Å². The normalized spacial score (nSPS) is 12.9. The maximum atomic E-state index is 12.0. The summed E-state index contributed by atoms with van der Waals surface area (Å²) in [7, 11) is 0. The first-order valence-electron chi connectivity index (χ1n) is 3.15. The van der Waals surface area contributed by atoms with Gasteiger partial charge in [-0.25, -0.2) is 0 Å². The molecule has 0 amide bonds. The van der Waals surface area contributed by atoms with Gasteiger partial charge in [-0.15, -0.1) is 15.0 Å². The molecule has 0 radical (unpaired) electrons. The van der Waals surface area contributed by atoms with Crippen molar-refractivity contribution in [2.45, 2.75) is 9.97 Å². The number of hydrogen-bond acceptors (Lipinski definition) is 4. The van der Waals surface area contributed by atoms with Crippen molar-refractivity contribution in [3.63, 3.8) is 0 Å². The molecule has 1 rings (SSSR count). The Morgan fingerprint density at radius 2 is 1.80 bits per heavy atom. The lowest BCUT2D eigenvalue weighted by Crippen LogP contribution is -2.28. The Balaban J connectivity index is 3.01. The van der Waals surface area contributed by atoms with Crippen LogP contribution in [-0.4, -0.2) is 29.8 Å². The third kappa shape index (κ3) is 2.93. The van der Waals surface area contributed by atoms with Gasteiger partial charge >= 0.3 is 6.18 Å². The van der Waals surface area contributed by atoms with Crippen molar-refractivity contribution in [2.75, 3.05) is 0 Å². The van der Waals surface area contributed by atoms with Crippen molar-refractivity contribution in [3.05, 3.63) is 5.82 Å². The smallest absolute Gasteiger partial charge is 0.281 e. The third-order valence-corrected chi connectivity index (χ3v) is 1.67. The Bertz CT molecular complexity index is 380. The molecule has 0 aliphatic carbocycles. The van der Waals surface area contributed by atoms with Crippen LogP contribution < -0.4 is 0 Å². The van der Waals surface area contributed by atoms with E-state index in [-0.39, 0.29) is 4.80 Å². The molecule has 0 aliphatic heterocycles. The van der Waals surface area contributed by atoms with E-state index in [1.807, 2.05) is 0 Å². The van der Waals surface area contributed by atoms with E-state index in [0.717, 1.165) is 0 Å². The molecule has 1 aromatic rings. The van der Waals surface area contributed by atoms with Crippen molar-refractivity contribution in [3.8, 4) is 0 Å². The lowest BCUT2D eigenvalue weighted by molar-refractivity contribution is -0.145. The fourth-order valence-corrected chi connectivity index (χ4v) is 0.763. The van der Waals surface area contributed by atoms with Gasteiger partial charge in [0.15, 0.2) is 5.84 Å². The minimum absolute atomic E-state index is 0.190. The highest BCUT2D eigenvalue weighted by molar-refractivity contribution is 6.76. The van der Waals surface area contributed by atoms with Crippen molar-refractivity contribution in [1.82, 2.24) is 20.2 Å². The highest BCUT2D eigenvalue weighted by Gasteiger charge is 2.38. The monoisotopic (exact) mass is 281 g/mol. The maximum Gasteiger partial charge on any atom is 0.455 e. The summed E-state index contributed by atoms with van der Waals surface area (Å²) in [4.78, 5) is 0.190. The summed E-state index contributed by atoms with van der Waals surface area (Å²) in [6.45, 7) is 0. The molecule has 0 bridgehead atoms. The molecule has 0 unspecified atom stereocenters. The van der Waals surface area contributed by atoms with Crippen LogP contribution in [0.2, 0.25) is 0 Å². The van der Waals surface area contributed by atoms with Crippen LogP contribution in [0, 0.1) is 5.41 Å². The lowest BCUT2D eigenvalue weighted by atomic mass is 10.6. The number of rotatable bonds is 0.